The maximum Gasteiger partial charge on any atom is 0.226 e. The van der Waals surface area contributed by atoms with E-state index < -0.39 is 0 Å². The largest absolute Gasteiger partial charge is 0.332 e. The normalized spacial score (nSPS) is 20.0. The highest BCUT2D eigenvalue weighted by Crippen LogP contribution is 2.41. The summed E-state index contributed by atoms with van der Waals surface area (Å²) >= 11 is 0. The summed E-state index contributed by atoms with van der Waals surface area (Å²) in [5.74, 6) is 2.68. The number of amides is 1. The van der Waals surface area contributed by atoms with Crippen molar-refractivity contribution in [2.45, 2.75) is 230 Å². The van der Waals surface area contributed by atoms with E-state index in [1.54, 1.807) is 6.92 Å². The smallest absolute Gasteiger partial charge is 0.226 e. The van der Waals surface area contributed by atoms with Crippen molar-refractivity contribution < 1.29 is 24.0 Å². The number of unbranched alkanes of at least 4 members (excludes halogenated alkanes) is 1. The Labute approximate surface area is 359 Å². The Morgan fingerprint density at radius 1 is 0.845 bits per heavy atom. The highest BCUT2D eigenvalue weighted by molar-refractivity contribution is 6.37. The number of aldehydes is 1. The zero-order chi connectivity index (χ0) is 45.3. The molecule has 0 aromatic rings. The SMILES string of the molecule is CC.CC(C)N.CC1CCC1.CC=O.CCC(C)(NC)C1CC1.CCC(C)C(CCN)C(=O)C(C)=O.CCCCC(C(=O)N1CCCCC1C(C)=O)C1CCCCC1. The number of nitrogens with zero attached hydrogens (tertiary/aromatic N) is 1. The second-order valence-corrected chi connectivity index (χ2v) is 17.6. The molecule has 1 aliphatic heterocycles. The van der Waals surface area contributed by atoms with Gasteiger partial charge >= 0.3 is 0 Å². The summed E-state index contributed by atoms with van der Waals surface area (Å²) in [4.78, 5) is 58.2. The fourth-order valence-corrected chi connectivity index (χ4v) is 7.75. The Morgan fingerprint density at radius 2 is 1.34 bits per heavy atom. The van der Waals surface area contributed by atoms with E-state index in [1.807, 2.05) is 46.4 Å². The first kappa shape index (κ1) is 60.3. The number of hydrogen-bond acceptors (Lipinski definition) is 8. The molecule has 344 valence electrons. The first-order valence-electron chi connectivity index (χ1n) is 23.9. The van der Waals surface area contributed by atoms with Crippen LogP contribution < -0.4 is 16.8 Å². The molecule has 1 amide bonds. The van der Waals surface area contributed by atoms with Gasteiger partial charge in [-0.25, -0.2) is 0 Å². The predicted octanol–water partition coefficient (Wildman–Crippen LogP) is 10.7. The quantitative estimate of drug-likeness (QED) is 0.109. The molecule has 0 bridgehead atoms. The molecular weight excluding hydrogens is 725 g/mol. The van der Waals surface area contributed by atoms with Crippen molar-refractivity contribution in [3.8, 4) is 0 Å². The van der Waals surface area contributed by atoms with Gasteiger partial charge in [0.25, 0.3) is 0 Å². The van der Waals surface area contributed by atoms with Crippen molar-refractivity contribution in [3.05, 3.63) is 0 Å². The van der Waals surface area contributed by atoms with Gasteiger partial charge in [0.05, 0.1) is 6.04 Å². The maximum absolute atomic E-state index is 13.2. The standard InChI is InChI=1S/C19H33NO2.C10H19NO2.C8H17N.C5H10.C3H9N.C2H4O.C2H6/c1-3-4-12-17(16-10-6-5-7-11-16)19(22)20-14-9-8-13-18(20)15(2)21;1-4-7(2)9(5-6-11)10(13)8(3)12;1-4-8(2,9-3)7-5-6-7;1-5-3-2-4-5;1-3(2)4;1-2-3;1-2/h16-18H,3-14H2,1-2H3;7,9H,4-6,11H2,1-3H3;7,9H,4-6H2,1-3H3;5H,2-4H2,1H3;3H,4H2,1-2H3;2H,1H3;1-2H3. The van der Waals surface area contributed by atoms with Crippen molar-refractivity contribution >= 4 is 29.5 Å². The molecule has 9 nitrogen and oxygen atoms in total. The molecule has 0 spiro atoms. The van der Waals surface area contributed by atoms with Gasteiger partial charge in [-0.05, 0) is 128 Å². The first-order chi connectivity index (χ1) is 27.5. The van der Waals surface area contributed by atoms with Gasteiger partial charge < -0.3 is 26.5 Å². The third-order valence-corrected chi connectivity index (χ3v) is 12.3. The minimum atomic E-state index is -0.348. The average molecular weight is 823 g/mol. The Balaban J connectivity index is -0.000000711. The Bertz CT molecular complexity index is 1040. The maximum atomic E-state index is 13.2. The summed E-state index contributed by atoms with van der Waals surface area (Å²) in [5.41, 5.74) is 11.0. The van der Waals surface area contributed by atoms with Crippen LogP contribution in [-0.2, 0) is 24.0 Å². The van der Waals surface area contributed by atoms with E-state index in [9.17, 15) is 19.2 Å². The molecular formula is C49H98N4O5. The van der Waals surface area contributed by atoms with E-state index in [1.165, 1.54) is 84.5 Å². The van der Waals surface area contributed by atoms with Crippen LogP contribution in [0.4, 0.5) is 0 Å². The molecule has 3 aliphatic carbocycles. The van der Waals surface area contributed by atoms with E-state index in [0.29, 0.717) is 36.4 Å². The molecule has 5 N–H and O–H groups in total. The number of Topliss-reactive ketones (excluding diaryl/α,β-unsaturated/α-hetero) is 3. The van der Waals surface area contributed by atoms with Crippen molar-refractivity contribution in [2.24, 2.45) is 47.0 Å². The minimum Gasteiger partial charge on any atom is -0.332 e. The van der Waals surface area contributed by atoms with Crippen LogP contribution in [0.2, 0.25) is 0 Å². The minimum absolute atomic E-state index is 0.144. The summed E-state index contributed by atoms with van der Waals surface area (Å²) in [5, 5.41) is 3.39. The van der Waals surface area contributed by atoms with Crippen molar-refractivity contribution in [1.29, 1.82) is 0 Å². The number of carbonyl (C=O) groups excluding carboxylic acids is 5. The highest BCUT2D eigenvalue weighted by Gasteiger charge is 2.39. The van der Waals surface area contributed by atoms with E-state index in [4.69, 9.17) is 16.3 Å². The summed E-state index contributed by atoms with van der Waals surface area (Å²) in [7, 11) is 2.07. The summed E-state index contributed by atoms with van der Waals surface area (Å²) in [6, 6.07) is 0.189. The van der Waals surface area contributed by atoms with Gasteiger partial charge in [0.2, 0.25) is 11.7 Å². The average Bonchev–Trinajstić information content (AvgIpc) is 4.07. The van der Waals surface area contributed by atoms with Crippen LogP contribution >= 0.6 is 0 Å². The van der Waals surface area contributed by atoms with Crippen LogP contribution in [0.3, 0.4) is 0 Å². The van der Waals surface area contributed by atoms with Crippen molar-refractivity contribution in [2.75, 3.05) is 20.1 Å². The van der Waals surface area contributed by atoms with Crippen LogP contribution in [0.1, 0.15) is 212 Å². The van der Waals surface area contributed by atoms with Crippen molar-refractivity contribution in [3.63, 3.8) is 0 Å². The molecule has 0 aromatic heterocycles. The van der Waals surface area contributed by atoms with Crippen LogP contribution in [0.15, 0.2) is 0 Å². The predicted molar refractivity (Wildman–Crippen MR) is 248 cm³/mol. The number of piperidine rings is 1. The third kappa shape index (κ3) is 27.0. The number of rotatable bonds is 15. The van der Waals surface area contributed by atoms with Gasteiger partial charge in [0.1, 0.15) is 6.29 Å². The van der Waals surface area contributed by atoms with Gasteiger partial charge in [0.15, 0.2) is 11.6 Å². The molecule has 4 rings (SSSR count). The van der Waals surface area contributed by atoms with Gasteiger partial charge in [-0.2, -0.15) is 0 Å². The molecule has 0 aromatic carbocycles. The molecule has 4 aliphatic rings. The Morgan fingerprint density at radius 3 is 1.67 bits per heavy atom. The lowest BCUT2D eigenvalue weighted by Crippen LogP contribution is -2.50. The number of hydrogen-bond donors (Lipinski definition) is 3. The van der Waals surface area contributed by atoms with Gasteiger partial charge in [0, 0.05) is 30.8 Å². The fraction of sp³-hybridized carbons (Fsp3) is 0.898. The van der Waals surface area contributed by atoms with Gasteiger partial charge in [-0.3, -0.25) is 19.2 Å². The number of ketones is 3. The molecule has 1 saturated heterocycles. The zero-order valence-electron chi connectivity index (χ0n) is 40.7. The molecule has 3 saturated carbocycles. The van der Waals surface area contributed by atoms with E-state index >= 15 is 0 Å². The van der Waals surface area contributed by atoms with E-state index in [-0.39, 0.29) is 41.1 Å². The lowest BCUT2D eigenvalue weighted by Gasteiger charge is -2.39. The Hall–Kier alpha value is -1.97. The molecule has 1 heterocycles. The van der Waals surface area contributed by atoms with Gasteiger partial charge in [-0.15, -0.1) is 0 Å². The monoisotopic (exact) mass is 823 g/mol. The van der Waals surface area contributed by atoms with Gasteiger partial charge in [-0.1, -0.05) is 120 Å². The summed E-state index contributed by atoms with van der Waals surface area (Å²) < 4.78 is 0. The number of nitrogens with two attached hydrogens (primary N) is 2. The summed E-state index contributed by atoms with van der Waals surface area (Å²) in [6.07, 6.45) is 23.4. The lowest BCUT2D eigenvalue weighted by molar-refractivity contribution is -0.146. The number of nitrogens with one attached hydrogen (secondary N) is 1. The highest BCUT2D eigenvalue weighted by atomic mass is 16.2. The van der Waals surface area contributed by atoms with Crippen LogP contribution in [0.5, 0.6) is 0 Å². The second-order valence-electron chi connectivity index (χ2n) is 17.6. The lowest BCUT2D eigenvalue weighted by atomic mass is 9.76. The number of likely N-dealkylation sites (tertiary alicyclic amines) is 1. The van der Waals surface area contributed by atoms with Crippen LogP contribution in [0, 0.1) is 35.5 Å². The van der Waals surface area contributed by atoms with Crippen LogP contribution in [0.25, 0.3) is 0 Å². The zero-order valence-corrected chi connectivity index (χ0v) is 40.7. The number of carbonyl (C=O) groups is 5. The Kier molecular flexibility index (Phi) is 38.3. The molecule has 58 heavy (non-hydrogen) atoms. The van der Waals surface area contributed by atoms with Crippen molar-refractivity contribution in [1.82, 2.24) is 10.2 Å². The molecule has 5 unspecified atom stereocenters. The van der Waals surface area contributed by atoms with Crippen LogP contribution in [-0.4, -0.2) is 72.2 Å². The fourth-order valence-electron chi connectivity index (χ4n) is 7.75. The molecule has 4 fully saturated rings. The van der Waals surface area contributed by atoms with E-state index in [0.717, 1.165) is 69.6 Å². The topological polar surface area (TPSA) is 153 Å². The second kappa shape index (κ2) is 36.8. The third-order valence-electron chi connectivity index (χ3n) is 12.3. The molecule has 9 heteroatoms. The van der Waals surface area contributed by atoms with E-state index in [2.05, 4.69) is 40.1 Å². The first-order valence-corrected chi connectivity index (χ1v) is 23.9. The summed E-state index contributed by atoms with van der Waals surface area (Å²) in [6.45, 7) is 26.7. The molecule has 0 radical (unpaired) electrons. The molecule has 5 atom stereocenters.